The molecule has 0 unspecified atom stereocenters. The smallest absolute Gasteiger partial charge is 0.344 e. The number of nitrogens with zero attached hydrogens (tertiary/aromatic N) is 2. The number of hydrogen-bond acceptors (Lipinski definition) is 6. The maximum Gasteiger partial charge on any atom is 0.344 e. The van der Waals surface area contributed by atoms with Gasteiger partial charge in [-0.05, 0) is 30.0 Å². The van der Waals surface area contributed by atoms with E-state index in [2.05, 4.69) is 10.2 Å². The van der Waals surface area contributed by atoms with E-state index in [1.807, 2.05) is 12.1 Å². The monoisotopic (exact) mass is 336 g/mol. The molecule has 0 saturated carbocycles. The molecule has 0 aliphatic rings. The summed E-state index contributed by atoms with van der Waals surface area (Å²) < 4.78 is 5.14. The van der Waals surface area contributed by atoms with E-state index in [-0.39, 0.29) is 11.0 Å². The van der Waals surface area contributed by atoms with E-state index in [1.165, 1.54) is 6.07 Å². The minimum Gasteiger partial charge on any atom is -0.402 e. The molecule has 2 aromatic carbocycles. The highest BCUT2D eigenvalue weighted by molar-refractivity contribution is 8.14. The van der Waals surface area contributed by atoms with Crippen LogP contribution in [-0.4, -0.2) is 21.3 Å². The Morgan fingerprint density at radius 2 is 1.38 bits per heavy atom. The molecule has 0 aliphatic carbocycles. The first-order valence-electron chi connectivity index (χ1n) is 7.10. The van der Waals surface area contributed by atoms with Crippen molar-refractivity contribution in [2.45, 2.75) is 5.03 Å². The number of rotatable bonds is 4. The zero-order chi connectivity index (χ0) is 16.8. The molecule has 3 aromatic rings. The number of benzene rings is 2. The third kappa shape index (κ3) is 4.05. The molecule has 1 heterocycles. The molecule has 24 heavy (non-hydrogen) atoms. The summed E-state index contributed by atoms with van der Waals surface area (Å²) in [6, 6.07) is 20.6. The molecule has 0 amide bonds. The second-order valence-electron chi connectivity index (χ2n) is 4.72. The summed E-state index contributed by atoms with van der Waals surface area (Å²) >= 11 is 0.968. The van der Waals surface area contributed by atoms with Crippen LogP contribution in [0.4, 0.5) is 0 Å². The van der Waals surface area contributed by atoms with E-state index in [0.29, 0.717) is 16.2 Å². The minimum absolute atomic E-state index is 0.0837. The zero-order valence-corrected chi connectivity index (χ0v) is 13.3. The van der Waals surface area contributed by atoms with Crippen molar-refractivity contribution in [3.63, 3.8) is 0 Å². The van der Waals surface area contributed by atoms with Crippen LogP contribution < -0.4 is 4.74 Å². The SMILES string of the molecule is O=C(Oc1ccc(SC(=O)c2ccccc2)nn1)c1ccccc1. The van der Waals surface area contributed by atoms with Crippen molar-refractivity contribution in [1.82, 2.24) is 10.2 Å². The molecule has 3 rings (SSSR count). The third-order valence-electron chi connectivity index (χ3n) is 3.03. The number of ether oxygens (including phenoxy) is 1. The van der Waals surface area contributed by atoms with Crippen LogP contribution in [0.15, 0.2) is 77.8 Å². The molecule has 0 saturated heterocycles. The van der Waals surface area contributed by atoms with E-state index in [1.54, 1.807) is 54.6 Å². The van der Waals surface area contributed by atoms with Gasteiger partial charge in [0.1, 0.15) is 5.03 Å². The van der Waals surface area contributed by atoms with Gasteiger partial charge in [0, 0.05) is 11.6 Å². The summed E-state index contributed by atoms with van der Waals surface area (Å²) in [5, 5.41) is 8.04. The predicted molar refractivity (Wildman–Crippen MR) is 90.1 cm³/mol. The van der Waals surface area contributed by atoms with Crippen LogP contribution in [0, 0.1) is 0 Å². The Labute approximate surface area is 142 Å². The van der Waals surface area contributed by atoms with Gasteiger partial charge in [-0.3, -0.25) is 4.79 Å². The fourth-order valence-corrected chi connectivity index (χ4v) is 2.53. The fourth-order valence-electron chi connectivity index (χ4n) is 1.87. The summed E-state index contributed by atoms with van der Waals surface area (Å²) in [5.41, 5.74) is 1.01. The average Bonchev–Trinajstić information content (AvgIpc) is 2.65. The minimum atomic E-state index is -0.509. The highest BCUT2D eigenvalue weighted by Gasteiger charge is 2.12. The lowest BCUT2D eigenvalue weighted by atomic mass is 10.2. The Morgan fingerprint density at radius 1 is 0.750 bits per heavy atom. The van der Waals surface area contributed by atoms with Crippen molar-refractivity contribution >= 4 is 22.8 Å². The largest absolute Gasteiger partial charge is 0.402 e. The summed E-state index contributed by atoms with van der Waals surface area (Å²) in [6.45, 7) is 0. The molecule has 0 atom stereocenters. The first kappa shape index (κ1) is 15.9. The Hall–Kier alpha value is -2.99. The predicted octanol–water partition coefficient (Wildman–Crippen LogP) is 3.63. The molecule has 1 aromatic heterocycles. The van der Waals surface area contributed by atoms with Crippen LogP contribution >= 0.6 is 11.8 Å². The molecule has 0 aliphatic heterocycles. The lowest BCUT2D eigenvalue weighted by Crippen LogP contribution is -2.09. The van der Waals surface area contributed by atoms with E-state index in [0.717, 1.165) is 11.8 Å². The van der Waals surface area contributed by atoms with Gasteiger partial charge >= 0.3 is 5.97 Å². The van der Waals surface area contributed by atoms with Crippen molar-refractivity contribution in [3.8, 4) is 5.88 Å². The Bertz CT molecular complexity index is 765. The molecule has 0 fully saturated rings. The van der Waals surface area contributed by atoms with E-state index in [4.69, 9.17) is 4.74 Å². The number of carbonyl (C=O) groups excluding carboxylic acids is 2. The molecule has 0 N–H and O–H groups in total. The van der Waals surface area contributed by atoms with Crippen LogP contribution in [0.3, 0.4) is 0 Å². The summed E-state index contributed by atoms with van der Waals surface area (Å²) in [7, 11) is 0. The Kier molecular flexibility index (Phi) is 4.98. The van der Waals surface area contributed by atoms with Crippen molar-refractivity contribution in [1.29, 1.82) is 0 Å². The number of aromatic nitrogens is 2. The third-order valence-corrected chi connectivity index (χ3v) is 3.88. The average molecular weight is 336 g/mol. The summed E-state index contributed by atoms with van der Waals surface area (Å²) in [5.74, 6) is -0.425. The molecule has 5 nitrogen and oxygen atoms in total. The first-order valence-corrected chi connectivity index (χ1v) is 7.92. The van der Waals surface area contributed by atoms with Crippen molar-refractivity contribution < 1.29 is 14.3 Å². The van der Waals surface area contributed by atoms with Crippen molar-refractivity contribution in [3.05, 3.63) is 83.9 Å². The number of carbonyl (C=O) groups is 2. The number of thioether (sulfide) groups is 1. The van der Waals surface area contributed by atoms with E-state index < -0.39 is 5.97 Å². The topological polar surface area (TPSA) is 69.2 Å². The van der Waals surface area contributed by atoms with Gasteiger partial charge in [0.05, 0.1) is 5.56 Å². The maximum atomic E-state index is 12.1. The highest BCUT2D eigenvalue weighted by atomic mass is 32.2. The van der Waals surface area contributed by atoms with Gasteiger partial charge in [-0.1, -0.05) is 48.5 Å². The van der Waals surface area contributed by atoms with Crippen LogP contribution in [-0.2, 0) is 0 Å². The quantitative estimate of drug-likeness (QED) is 0.535. The maximum absolute atomic E-state index is 12.1. The van der Waals surface area contributed by atoms with Crippen molar-refractivity contribution in [2.24, 2.45) is 0 Å². The summed E-state index contributed by atoms with van der Waals surface area (Å²) in [4.78, 5) is 24.0. The van der Waals surface area contributed by atoms with Crippen LogP contribution in [0.2, 0.25) is 0 Å². The Balaban J connectivity index is 1.63. The van der Waals surface area contributed by atoms with E-state index >= 15 is 0 Å². The molecule has 0 bridgehead atoms. The second-order valence-corrected chi connectivity index (χ2v) is 5.71. The number of esters is 1. The highest BCUT2D eigenvalue weighted by Crippen LogP contribution is 2.21. The Morgan fingerprint density at radius 3 is 1.96 bits per heavy atom. The molecule has 0 spiro atoms. The van der Waals surface area contributed by atoms with E-state index in [9.17, 15) is 9.59 Å². The van der Waals surface area contributed by atoms with Gasteiger partial charge in [-0.15, -0.1) is 10.2 Å². The van der Waals surface area contributed by atoms with Gasteiger partial charge in [0.25, 0.3) is 0 Å². The van der Waals surface area contributed by atoms with Gasteiger partial charge in [-0.2, -0.15) is 0 Å². The van der Waals surface area contributed by atoms with Crippen LogP contribution in [0.5, 0.6) is 5.88 Å². The lowest BCUT2D eigenvalue weighted by molar-refractivity contribution is 0.0725. The molecule has 6 heteroatoms. The van der Waals surface area contributed by atoms with Crippen LogP contribution in [0.1, 0.15) is 20.7 Å². The first-order chi connectivity index (χ1) is 11.7. The zero-order valence-electron chi connectivity index (χ0n) is 12.5. The number of hydrogen-bond donors (Lipinski definition) is 0. The molecular formula is C18H12N2O3S. The van der Waals surface area contributed by atoms with Crippen LogP contribution in [0.25, 0.3) is 0 Å². The summed E-state index contributed by atoms with van der Waals surface area (Å²) in [6.07, 6.45) is 0. The van der Waals surface area contributed by atoms with Crippen molar-refractivity contribution in [2.75, 3.05) is 0 Å². The normalized spacial score (nSPS) is 10.2. The molecule has 0 radical (unpaired) electrons. The molecular weight excluding hydrogens is 324 g/mol. The van der Waals surface area contributed by atoms with Gasteiger partial charge in [-0.25, -0.2) is 4.79 Å². The lowest BCUT2D eigenvalue weighted by Gasteiger charge is -2.03. The van der Waals surface area contributed by atoms with Gasteiger partial charge in [0.2, 0.25) is 11.0 Å². The standard InChI is InChI=1S/C18H12N2O3S/c21-17(13-7-3-1-4-8-13)23-15-11-12-16(20-19-15)24-18(22)14-9-5-2-6-10-14/h1-12H. The van der Waals surface area contributed by atoms with Gasteiger partial charge in [0.15, 0.2) is 0 Å². The van der Waals surface area contributed by atoms with Gasteiger partial charge < -0.3 is 4.74 Å². The second kappa shape index (κ2) is 7.52. The molecule has 118 valence electrons. The fraction of sp³-hybridized carbons (Fsp3) is 0.